The Bertz CT molecular complexity index is 1460. The van der Waals surface area contributed by atoms with Crippen LogP contribution in [0.4, 0.5) is 0 Å². The first kappa shape index (κ1) is 73.4. The van der Waals surface area contributed by atoms with E-state index in [2.05, 4.69) is 69.4 Å². The van der Waals surface area contributed by atoms with Crippen molar-refractivity contribution in [1.29, 1.82) is 0 Å². The third-order valence-corrected chi connectivity index (χ3v) is 14.7. The Morgan fingerprint density at radius 3 is 1.05 bits per heavy atom. The summed E-state index contributed by atoms with van der Waals surface area (Å²) >= 11 is 0. The maximum absolute atomic E-state index is 12.9. The number of unbranched alkanes of at least 4 members (excludes halogenated alkanes) is 34. The number of phosphoric acid groups is 1. The monoisotopic (exact) mass is 1090 g/mol. The van der Waals surface area contributed by atoms with Crippen molar-refractivity contribution in [2.75, 3.05) is 26.4 Å². The van der Waals surface area contributed by atoms with Crippen LogP contribution in [0.2, 0.25) is 0 Å². The van der Waals surface area contributed by atoms with Gasteiger partial charge in [0, 0.05) is 19.3 Å². The molecule has 2 N–H and O–H groups in total. The van der Waals surface area contributed by atoms with Crippen LogP contribution >= 0.6 is 7.82 Å². The topological polar surface area (TPSA) is 155 Å². The Kier molecular flexibility index (Phi) is 56.6. The van der Waals surface area contributed by atoms with Crippen LogP contribution in [0, 0.1) is 0 Å². The molecular weight excluding hydrogens is 976 g/mol. The fraction of sp³-hybridized carbons (Fsp3) is 0.828. The molecule has 3 atom stereocenters. The zero-order valence-corrected chi connectivity index (χ0v) is 50.1. The number of allylic oxidation sites excluding steroid dienone is 8. The van der Waals surface area contributed by atoms with E-state index < -0.39 is 57.8 Å². The van der Waals surface area contributed by atoms with Crippen LogP contribution in [-0.2, 0) is 42.2 Å². The van der Waals surface area contributed by atoms with Crippen LogP contribution in [0.1, 0.15) is 303 Å². The van der Waals surface area contributed by atoms with E-state index in [4.69, 9.17) is 23.3 Å². The maximum Gasteiger partial charge on any atom is 0.472 e. The quantitative estimate of drug-likeness (QED) is 0.0197. The molecule has 0 radical (unpaired) electrons. The summed E-state index contributed by atoms with van der Waals surface area (Å²) in [6, 6.07) is 0. The fourth-order valence-corrected chi connectivity index (χ4v) is 9.78. The van der Waals surface area contributed by atoms with E-state index in [0.717, 1.165) is 103 Å². The van der Waals surface area contributed by atoms with Gasteiger partial charge in [-0.05, 0) is 57.8 Å². The van der Waals surface area contributed by atoms with Crippen LogP contribution in [0.15, 0.2) is 48.6 Å². The number of carbonyl (C=O) groups is 3. The van der Waals surface area contributed by atoms with Crippen molar-refractivity contribution in [2.24, 2.45) is 0 Å². The van der Waals surface area contributed by atoms with Gasteiger partial charge in [0.05, 0.1) is 19.8 Å². The first-order chi connectivity index (χ1) is 37.2. The summed E-state index contributed by atoms with van der Waals surface area (Å²) in [5, 5.41) is 9.81. The first-order valence-electron chi connectivity index (χ1n) is 31.5. The zero-order valence-electron chi connectivity index (χ0n) is 49.2. The van der Waals surface area contributed by atoms with Crippen molar-refractivity contribution in [1.82, 2.24) is 0 Å². The molecule has 0 aromatic rings. The van der Waals surface area contributed by atoms with Gasteiger partial charge in [-0.25, -0.2) is 4.57 Å². The second kappa shape index (κ2) is 58.6. The van der Waals surface area contributed by atoms with E-state index in [1.165, 1.54) is 141 Å². The predicted octanol–water partition coefficient (Wildman–Crippen LogP) is 18.9. The Labute approximate surface area is 466 Å². The van der Waals surface area contributed by atoms with E-state index >= 15 is 0 Å². The smallest absolute Gasteiger partial charge is 0.462 e. The summed E-state index contributed by atoms with van der Waals surface area (Å²) in [4.78, 5) is 48.6. The molecule has 76 heavy (non-hydrogen) atoms. The number of hydrogen-bond donors (Lipinski definition) is 2. The third kappa shape index (κ3) is 56.2. The van der Waals surface area contributed by atoms with Gasteiger partial charge in [0.15, 0.2) is 6.10 Å². The molecule has 12 heteroatoms. The summed E-state index contributed by atoms with van der Waals surface area (Å²) in [5.41, 5.74) is 0. The zero-order chi connectivity index (χ0) is 55.5. The van der Waals surface area contributed by atoms with Gasteiger partial charge in [0.2, 0.25) is 0 Å². The average Bonchev–Trinajstić information content (AvgIpc) is 3.41. The molecule has 0 bridgehead atoms. The molecule has 0 heterocycles. The highest BCUT2D eigenvalue weighted by molar-refractivity contribution is 7.47. The van der Waals surface area contributed by atoms with Gasteiger partial charge in [0.25, 0.3) is 0 Å². The summed E-state index contributed by atoms with van der Waals surface area (Å²) in [6.45, 7) is 4.56. The van der Waals surface area contributed by atoms with Crippen molar-refractivity contribution in [2.45, 2.75) is 315 Å². The lowest BCUT2D eigenvalue weighted by molar-refractivity contribution is -0.161. The average molecular weight is 1090 g/mol. The number of hydrogen-bond acceptors (Lipinski definition) is 10. The molecule has 0 aromatic heterocycles. The lowest BCUT2D eigenvalue weighted by Crippen LogP contribution is -2.30. The van der Waals surface area contributed by atoms with Crippen molar-refractivity contribution in [3.8, 4) is 0 Å². The number of esters is 3. The minimum Gasteiger partial charge on any atom is -0.462 e. The maximum atomic E-state index is 12.9. The highest BCUT2D eigenvalue weighted by Gasteiger charge is 2.28. The molecule has 0 saturated carbocycles. The van der Waals surface area contributed by atoms with Crippen LogP contribution in [-0.4, -0.2) is 66.5 Å². The van der Waals surface area contributed by atoms with Crippen molar-refractivity contribution in [3.05, 3.63) is 48.6 Å². The molecule has 11 nitrogen and oxygen atoms in total. The Morgan fingerprint density at radius 1 is 0.382 bits per heavy atom. The predicted molar refractivity (Wildman–Crippen MR) is 316 cm³/mol. The van der Waals surface area contributed by atoms with Crippen molar-refractivity contribution in [3.63, 3.8) is 0 Å². The Morgan fingerprint density at radius 2 is 0.684 bits per heavy atom. The SMILES string of the molecule is CC/C=C\C/C=C\C/C=C\C/C=C\CCCCCCCCC(=O)OC(COC(=O)CCCCCCCCCCCCCCCCCCCCC)COP(=O)(O)OCC(CO)OC(=O)CCCCCCCCCCCCC. The summed E-state index contributed by atoms with van der Waals surface area (Å²) in [5.74, 6) is -1.46. The highest BCUT2D eigenvalue weighted by atomic mass is 31.2. The standard InChI is InChI=1S/C64H117O11P/c1-4-7-10-13-16-19-22-24-26-28-30-32-34-36-39-41-44-47-50-53-62(66)71-57-61(75-64(68)55-52-49-46-43-40-37-35-33-31-29-27-25-23-20-17-14-11-8-5-2)59-73-76(69,70)72-58-60(56-65)74-63(67)54-51-48-45-42-38-21-18-15-12-9-6-3/h8,11,17,20,25,27,31,33,60-61,65H,4-7,9-10,12-16,18-19,21-24,26,28-30,32,34-59H2,1-3H3,(H,69,70)/b11-8-,20-17-,27-25-,33-31-. The molecule has 0 rings (SSSR count). The number of ether oxygens (including phenoxy) is 3. The molecular formula is C64H117O11P. The minimum absolute atomic E-state index is 0.155. The van der Waals surface area contributed by atoms with Gasteiger partial charge in [0.1, 0.15) is 12.7 Å². The number of phosphoric ester groups is 1. The molecule has 3 unspecified atom stereocenters. The van der Waals surface area contributed by atoms with Gasteiger partial charge in [-0.2, -0.15) is 0 Å². The lowest BCUT2D eigenvalue weighted by atomic mass is 10.0. The van der Waals surface area contributed by atoms with Crippen molar-refractivity contribution < 1.29 is 52.2 Å². The van der Waals surface area contributed by atoms with E-state index in [-0.39, 0.29) is 25.9 Å². The molecule has 0 aliphatic heterocycles. The van der Waals surface area contributed by atoms with Gasteiger partial charge < -0.3 is 24.2 Å². The Balaban J connectivity index is 4.69. The summed E-state index contributed by atoms with van der Waals surface area (Å²) in [7, 11) is -4.75. The normalized spacial score (nSPS) is 13.6. The van der Waals surface area contributed by atoms with E-state index in [1.54, 1.807) is 0 Å². The van der Waals surface area contributed by atoms with Crippen LogP contribution in [0.3, 0.4) is 0 Å². The van der Waals surface area contributed by atoms with Gasteiger partial charge >= 0.3 is 25.7 Å². The minimum atomic E-state index is -4.75. The number of carbonyl (C=O) groups excluding carboxylic acids is 3. The number of aliphatic hydroxyl groups is 1. The molecule has 0 saturated heterocycles. The highest BCUT2D eigenvalue weighted by Crippen LogP contribution is 2.43. The molecule has 444 valence electrons. The number of rotatable bonds is 59. The third-order valence-electron chi connectivity index (χ3n) is 13.8. The molecule has 0 fully saturated rings. The largest absolute Gasteiger partial charge is 0.472 e. The summed E-state index contributed by atoms with van der Waals surface area (Å²) < 4.78 is 39.6. The molecule has 0 aliphatic carbocycles. The molecule has 0 amide bonds. The van der Waals surface area contributed by atoms with Crippen LogP contribution in [0.5, 0.6) is 0 Å². The van der Waals surface area contributed by atoms with Gasteiger partial charge in [-0.15, -0.1) is 0 Å². The summed E-state index contributed by atoms with van der Waals surface area (Å²) in [6.07, 6.45) is 63.5. The van der Waals surface area contributed by atoms with E-state index in [1.807, 2.05) is 0 Å². The Hall–Kier alpha value is -2.56. The fourth-order valence-electron chi connectivity index (χ4n) is 9.00. The van der Waals surface area contributed by atoms with Crippen LogP contribution < -0.4 is 0 Å². The van der Waals surface area contributed by atoms with Crippen LogP contribution in [0.25, 0.3) is 0 Å². The van der Waals surface area contributed by atoms with Gasteiger partial charge in [-0.3, -0.25) is 23.4 Å². The van der Waals surface area contributed by atoms with E-state index in [0.29, 0.717) is 19.3 Å². The second-order valence-corrected chi connectivity index (χ2v) is 22.7. The molecule has 0 spiro atoms. The second-order valence-electron chi connectivity index (χ2n) is 21.2. The first-order valence-corrected chi connectivity index (χ1v) is 33.0. The van der Waals surface area contributed by atoms with Gasteiger partial charge in [-0.1, -0.05) is 275 Å². The lowest BCUT2D eigenvalue weighted by Gasteiger charge is -2.21. The van der Waals surface area contributed by atoms with Crippen molar-refractivity contribution >= 4 is 25.7 Å². The van der Waals surface area contributed by atoms with E-state index in [9.17, 15) is 28.9 Å². The molecule has 0 aliphatic rings. The molecule has 0 aromatic carbocycles. The number of aliphatic hydroxyl groups excluding tert-OH is 1.